The minimum Gasteiger partial charge on any atom is -0.452 e. The van der Waals surface area contributed by atoms with Crippen LogP contribution in [0.2, 0.25) is 0 Å². The summed E-state index contributed by atoms with van der Waals surface area (Å²) < 4.78 is 5.05. The van der Waals surface area contributed by atoms with Gasteiger partial charge in [-0.15, -0.1) is 0 Å². The molecular formula is C16H20N2O5. The molecule has 1 aromatic rings. The van der Waals surface area contributed by atoms with E-state index in [1.807, 2.05) is 6.92 Å². The molecule has 1 atom stereocenters. The fraction of sp³-hybridized carbons (Fsp3) is 0.500. The van der Waals surface area contributed by atoms with Gasteiger partial charge < -0.3 is 9.64 Å². The van der Waals surface area contributed by atoms with E-state index >= 15 is 0 Å². The quantitative estimate of drug-likeness (QED) is 0.483. The summed E-state index contributed by atoms with van der Waals surface area (Å²) in [6.07, 6.45) is 3.00. The summed E-state index contributed by atoms with van der Waals surface area (Å²) in [4.78, 5) is 36.3. The number of rotatable bonds is 4. The van der Waals surface area contributed by atoms with Crippen LogP contribution in [0, 0.1) is 17.0 Å². The molecule has 1 heterocycles. The van der Waals surface area contributed by atoms with Crippen LogP contribution in [-0.4, -0.2) is 40.9 Å². The predicted octanol–water partition coefficient (Wildman–Crippen LogP) is 2.46. The first-order valence-electron chi connectivity index (χ1n) is 7.62. The topological polar surface area (TPSA) is 89.8 Å². The second-order valence-corrected chi connectivity index (χ2v) is 5.71. The Kier molecular flexibility index (Phi) is 5.31. The van der Waals surface area contributed by atoms with Gasteiger partial charge in [0.15, 0.2) is 6.61 Å². The van der Waals surface area contributed by atoms with Crippen molar-refractivity contribution in [2.24, 2.45) is 0 Å². The van der Waals surface area contributed by atoms with Crippen molar-refractivity contribution in [1.82, 2.24) is 4.90 Å². The molecule has 124 valence electrons. The number of nitro benzene ring substituents is 1. The van der Waals surface area contributed by atoms with Gasteiger partial charge in [0, 0.05) is 24.2 Å². The maximum atomic E-state index is 12.1. The van der Waals surface area contributed by atoms with Crippen molar-refractivity contribution in [2.75, 3.05) is 13.2 Å². The molecule has 2 rings (SSSR count). The van der Waals surface area contributed by atoms with Gasteiger partial charge in [0.2, 0.25) is 0 Å². The smallest absolute Gasteiger partial charge is 0.339 e. The molecule has 0 saturated carbocycles. The van der Waals surface area contributed by atoms with E-state index in [1.54, 1.807) is 4.90 Å². The summed E-state index contributed by atoms with van der Waals surface area (Å²) in [6.45, 7) is 3.80. The molecule has 0 bridgehead atoms. The van der Waals surface area contributed by atoms with Gasteiger partial charge in [-0.05, 0) is 39.2 Å². The number of benzene rings is 1. The molecule has 0 aromatic heterocycles. The van der Waals surface area contributed by atoms with Crippen molar-refractivity contribution < 1.29 is 19.2 Å². The Bertz CT molecular complexity index is 629. The number of nitrogens with zero attached hydrogens (tertiary/aromatic N) is 2. The van der Waals surface area contributed by atoms with Crippen LogP contribution in [0.5, 0.6) is 0 Å². The van der Waals surface area contributed by atoms with Crippen LogP contribution in [-0.2, 0) is 9.53 Å². The molecule has 23 heavy (non-hydrogen) atoms. The summed E-state index contributed by atoms with van der Waals surface area (Å²) in [7, 11) is 0. The van der Waals surface area contributed by atoms with Crippen LogP contribution >= 0.6 is 0 Å². The Labute approximate surface area is 134 Å². The standard InChI is InChI=1S/C16H20N2O5/c1-11-6-3-4-9-17(11)15(19)10-23-16(20)13-7-5-8-14(12(13)2)18(21)22/h5,7-8,11H,3-4,6,9-10H2,1-2H3. The molecule has 0 spiro atoms. The van der Waals surface area contributed by atoms with Gasteiger partial charge >= 0.3 is 5.97 Å². The molecule has 1 aromatic carbocycles. The number of ether oxygens (including phenoxy) is 1. The van der Waals surface area contributed by atoms with Gasteiger partial charge in [0.25, 0.3) is 11.6 Å². The van der Waals surface area contributed by atoms with Crippen molar-refractivity contribution in [1.29, 1.82) is 0 Å². The maximum absolute atomic E-state index is 12.1. The second kappa shape index (κ2) is 7.21. The highest BCUT2D eigenvalue weighted by Gasteiger charge is 2.25. The number of hydrogen-bond acceptors (Lipinski definition) is 5. The number of piperidine rings is 1. The lowest BCUT2D eigenvalue weighted by atomic mass is 10.0. The lowest BCUT2D eigenvalue weighted by Gasteiger charge is -2.33. The van der Waals surface area contributed by atoms with Crippen molar-refractivity contribution in [3.63, 3.8) is 0 Å². The van der Waals surface area contributed by atoms with Crippen molar-refractivity contribution in [2.45, 2.75) is 39.2 Å². The Morgan fingerprint density at radius 3 is 2.78 bits per heavy atom. The van der Waals surface area contributed by atoms with Crippen LogP contribution < -0.4 is 0 Å². The van der Waals surface area contributed by atoms with Gasteiger partial charge in [-0.2, -0.15) is 0 Å². The SMILES string of the molecule is Cc1c(C(=O)OCC(=O)N2CCCCC2C)cccc1[N+](=O)[O-]. The number of carbonyl (C=O) groups is 2. The van der Waals surface area contributed by atoms with Gasteiger partial charge in [0.1, 0.15) is 0 Å². The third kappa shape index (κ3) is 3.85. The molecular weight excluding hydrogens is 300 g/mol. The fourth-order valence-corrected chi connectivity index (χ4v) is 2.80. The first-order valence-corrected chi connectivity index (χ1v) is 7.62. The van der Waals surface area contributed by atoms with Gasteiger partial charge in [-0.3, -0.25) is 14.9 Å². The molecule has 1 amide bonds. The highest BCUT2D eigenvalue weighted by atomic mass is 16.6. The lowest BCUT2D eigenvalue weighted by Crippen LogP contribution is -2.44. The van der Waals surface area contributed by atoms with Crippen LogP contribution in [0.25, 0.3) is 0 Å². The van der Waals surface area contributed by atoms with E-state index in [9.17, 15) is 19.7 Å². The molecule has 7 heteroatoms. The molecule has 1 aliphatic rings. The minimum absolute atomic E-state index is 0.110. The fourth-order valence-electron chi connectivity index (χ4n) is 2.80. The summed E-state index contributed by atoms with van der Waals surface area (Å²) in [5.74, 6) is -0.946. The van der Waals surface area contributed by atoms with Crippen molar-refractivity contribution in [3.8, 4) is 0 Å². The van der Waals surface area contributed by atoms with E-state index in [0.717, 1.165) is 19.3 Å². The highest BCUT2D eigenvalue weighted by Crippen LogP contribution is 2.22. The number of hydrogen-bond donors (Lipinski definition) is 0. The lowest BCUT2D eigenvalue weighted by molar-refractivity contribution is -0.385. The van der Waals surface area contributed by atoms with Crippen molar-refractivity contribution >= 4 is 17.6 Å². The number of likely N-dealkylation sites (tertiary alicyclic amines) is 1. The molecule has 0 aliphatic carbocycles. The number of carbonyl (C=O) groups excluding carboxylic acids is 2. The monoisotopic (exact) mass is 320 g/mol. The van der Waals surface area contributed by atoms with Crippen LogP contribution in [0.1, 0.15) is 42.1 Å². The molecule has 1 fully saturated rings. The average molecular weight is 320 g/mol. The van der Waals surface area contributed by atoms with E-state index in [0.29, 0.717) is 6.54 Å². The summed E-state index contributed by atoms with van der Waals surface area (Å²) >= 11 is 0. The average Bonchev–Trinajstić information content (AvgIpc) is 2.52. The van der Waals surface area contributed by atoms with E-state index < -0.39 is 10.9 Å². The summed E-state index contributed by atoms with van der Waals surface area (Å²) in [5, 5.41) is 10.9. The third-order valence-corrected chi connectivity index (χ3v) is 4.17. The molecule has 0 radical (unpaired) electrons. The van der Waals surface area contributed by atoms with E-state index in [2.05, 4.69) is 0 Å². The third-order valence-electron chi connectivity index (χ3n) is 4.17. The maximum Gasteiger partial charge on any atom is 0.339 e. The molecule has 1 aliphatic heterocycles. The molecule has 1 unspecified atom stereocenters. The second-order valence-electron chi connectivity index (χ2n) is 5.71. The van der Waals surface area contributed by atoms with Crippen LogP contribution in [0.15, 0.2) is 18.2 Å². The Hall–Kier alpha value is -2.44. The van der Waals surface area contributed by atoms with Crippen LogP contribution in [0.3, 0.4) is 0 Å². The first-order chi connectivity index (χ1) is 10.9. The molecule has 7 nitrogen and oxygen atoms in total. The number of nitro groups is 1. The summed E-state index contributed by atoms with van der Waals surface area (Å²) in [6, 6.07) is 4.36. The highest BCUT2D eigenvalue weighted by molar-refractivity contribution is 5.93. The number of amides is 1. The van der Waals surface area contributed by atoms with E-state index in [1.165, 1.54) is 25.1 Å². The van der Waals surface area contributed by atoms with Crippen molar-refractivity contribution in [3.05, 3.63) is 39.4 Å². The Morgan fingerprint density at radius 1 is 1.39 bits per heavy atom. The molecule has 0 N–H and O–H groups in total. The normalized spacial score (nSPS) is 17.7. The van der Waals surface area contributed by atoms with E-state index in [-0.39, 0.29) is 35.4 Å². The zero-order valence-electron chi connectivity index (χ0n) is 13.3. The first kappa shape index (κ1) is 16.9. The number of esters is 1. The van der Waals surface area contributed by atoms with Gasteiger partial charge in [-0.1, -0.05) is 6.07 Å². The van der Waals surface area contributed by atoms with Gasteiger partial charge in [0.05, 0.1) is 10.5 Å². The zero-order chi connectivity index (χ0) is 17.0. The largest absolute Gasteiger partial charge is 0.452 e. The predicted molar refractivity (Wildman–Crippen MR) is 83.1 cm³/mol. The Balaban J connectivity index is 2.01. The minimum atomic E-state index is -0.718. The zero-order valence-corrected chi connectivity index (χ0v) is 13.3. The molecule has 1 saturated heterocycles. The Morgan fingerprint density at radius 2 is 2.13 bits per heavy atom. The summed E-state index contributed by atoms with van der Waals surface area (Å²) in [5.41, 5.74) is 0.204. The van der Waals surface area contributed by atoms with Gasteiger partial charge in [-0.25, -0.2) is 4.79 Å². The van der Waals surface area contributed by atoms with E-state index in [4.69, 9.17) is 4.74 Å². The van der Waals surface area contributed by atoms with Crippen LogP contribution in [0.4, 0.5) is 5.69 Å².